The third kappa shape index (κ3) is 4.68. The lowest BCUT2D eigenvalue weighted by atomic mass is 10.2. The van der Waals surface area contributed by atoms with Gasteiger partial charge in [0.05, 0.1) is 10.8 Å². The summed E-state index contributed by atoms with van der Waals surface area (Å²) in [6.45, 7) is 4.31. The summed E-state index contributed by atoms with van der Waals surface area (Å²) < 4.78 is 12.0. The Hall–Kier alpha value is -2.14. The molecule has 0 spiro atoms. The minimum atomic E-state index is -1.03. The lowest BCUT2D eigenvalue weighted by Crippen LogP contribution is -2.22. The molecule has 0 aliphatic rings. The van der Waals surface area contributed by atoms with Gasteiger partial charge in [-0.2, -0.15) is 0 Å². The molecule has 5 heteroatoms. The molecule has 1 atom stereocenters. The van der Waals surface area contributed by atoms with Crippen LogP contribution in [0.4, 0.5) is 5.69 Å². The fourth-order valence-corrected chi connectivity index (χ4v) is 3.16. The second-order valence-corrected chi connectivity index (χ2v) is 8.12. The Balaban J connectivity index is 1.96. The zero-order valence-corrected chi connectivity index (χ0v) is 15.4. The molecular weight excluding hydrogens is 320 g/mol. The molecule has 0 fully saturated rings. The van der Waals surface area contributed by atoms with E-state index in [9.17, 15) is 9.00 Å². The number of hydrogen-bond acceptors (Lipinski definition) is 3. The van der Waals surface area contributed by atoms with Crippen molar-refractivity contribution < 1.29 is 9.00 Å². The highest BCUT2D eigenvalue weighted by molar-refractivity contribution is 7.85. The summed E-state index contributed by atoms with van der Waals surface area (Å²) in [4.78, 5) is 15.0. The molecule has 0 saturated heterocycles. The Bertz CT molecular complexity index is 707. The lowest BCUT2D eigenvalue weighted by Gasteiger charge is -2.13. The number of carbonyl (C=O) groups excluding carboxylic acids is 1. The van der Waals surface area contributed by atoms with Gasteiger partial charge in [-0.1, -0.05) is 26.0 Å². The van der Waals surface area contributed by atoms with Crippen molar-refractivity contribution in [1.29, 1.82) is 0 Å². The van der Waals surface area contributed by atoms with Gasteiger partial charge in [-0.05, 0) is 42.0 Å². The SMILES string of the molecule is CC(C)S(=O)c1ccc(C(=O)NCc2ccc(N(C)C)cc2)cc1. The van der Waals surface area contributed by atoms with Gasteiger partial charge in [0.2, 0.25) is 0 Å². The van der Waals surface area contributed by atoms with E-state index in [0.717, 1.165) is 16.1 Å². The summed E-state index contributed by atoms with van der Waals surface area (Å²) in [7, 11) is 2.95. The van der Waals surface area contributed by atoms with Gasteiger partial charge in [-0.15, -0.1) is 0 Å². The van der Waals surface area contributed by atoms with Gasteiger partial charge in [0.1, 0.15) is 0 Å². The Morgan fingerprint density at radius 3 is 2.12 bits per heavy atom. The minimum absolute atomic E-state index is 0.0646. The first-order valence-electron chi connectivity index (χ1n) is 7.93. The molecule has 0 aliphatic carbocycles. The molecule has 0 radical (unpaired) electrons. The zero-order chi connectivity index (χ0) is 17.7. The number of anilines is 1. The van der Waals surface area contributed by atoms with E-state index in [1.807, 2.05) is 57.1 Å². The summed E-state index contributed by atoms with van der Waals surface area (Å²) in [5, 5.41) is 2.97. The summed E-state index contributed by atoms with van der Waals surface area (Å²) in [5.74, 6) is -0.131. The van der Waals surface area contributed by atoms with Crippen molar-refractivity contribution in [3.8, 4) is 0 Å². The Kier molecular flexibility index (Phi) is 6.15. The van der Waals surface area contributed by atoms with Crippen LogP contribution >= 0.6 is 0 Å². The molecule has 1 amide bonds. The molecular formula is C19H24N2O2S. The van der Waals surface area contributed by atoms with E-state index in [1.54, 1.807) is 24.3 Å². The van der Waals surface area contributed by atoms with E-state index >= 15 is 0 Å². The van der Waals surface area contributed by atoms with Crippen LogP contribution in [0.2, 0.25) is 0 Å². The number of benzene rings is 2. The summed E-state index contributed by atoms with van der Waals surface area (Å²) in [6, 6.07) is 15.0. The van der Waals surface area contributed by atoms with Gasteiger partial charge in [-0.3, -0.25) is 9.00 Å². The molecule has 1 N–H and O–H groups in total. The van der Waals surface area contributed by atoms with Gasteiger partial charge >= 0.3 is 0 Å². The standard InChI is InChI=1S/C19H24N2O2S/c1-14(2)24(23)18-11-7-16(8-12-18)19(22)20-13-15-5-9-17(10-6-15)21(3)4/h5-12,14H,13H2,1-4H3,(H,20,22). The van der Waals surface area contributed by atoms with Crippen LogP contribution in [0.5, 0.6) is 0 Å². The highest BCUT2D eigenvalue weighted by atomic mass is 32.2. The van der Waals surface area contributed by atoms with Crippen LogP contribution in [0, 0.1) is 0 Å². The summed E-state index contributed by atoms with van der Waals surface area (Å²) >= 11 is 0. The van der Waals surface area contributed by atoms with Crippen LogP contribution in [0.3, 0.4) is 0 Å². The van der Waals surface area contributed by atoms with Crippen molar-refractivity contribution in [2.24, 2.45) is 0 Å². The van der Waals surface area contributed by atoms with E-state index in [-0.39, 0.29) is 11.2 Å². The normalized spacial score (nSPS) is 12.0. The number of rotatable bonds is 6. The Labute approximate surface area is 146 Å². The quantitative estimate of drug-likeness (QED) is 0.875. The van der Waals surface area contributed by atoms with Crippen LogP contribution in [0.1, 0.15) is 29.8 Å². The van der Waals surface area contributed by atoms with E-state index < -0.39 is 10.8 Å². The third-order valence-electron chi connectivity index (χ3n) is 3.68. The number of carbonyl (C=O) groups is 1. The molecule has 0 saturated carbocycles. The lowest BCUT2D eigenvalue weighted by molar-refractivity contribution is 0.0951. The maximum absolute atomic E-state index is 12.2. The van der Waals surface area contributed by atoms with Gasteiger partial charge in [0.15, 0.2) is 0 Å². The van der Waals surface area contributed by atoms with Crippen molar-refractivity contribution in [3.05, 3.63) is 59.7 Å². The zero-order valence-electron chi connectivity index (χ0n) is 14.6. The first-order valence-corrected chi connectivity index (χ1v) is 9.15. The van der Waals surface area contributed by atoms with Crippen molar-refractivity contribution in [2.75, 3.05) is 19.0 Å². The number of nitrogens with one attached hydrogen (secondary N) is 1. The van der Waals surface area contributed by atoms with Crippen molar-refractivity contribution in [1.82, 2.24) is 5.32 Å². The third-order valence-corrected chi connectivity index (χ3v) is 5.28. The van der Waals surface area contributed by atoms with E-state index in [1.165, 1.54) is 0 Å². The molecule has 4 nitrogen and oxygen atoms in total. The van der Waals surface area contributed by atoms with Crippen LogP contribution in [-0.2, 0) is 17.3 Å². The van der Waals surface area contributed by atoms with Crippen molar-refractivity contribution >= 4 is 22.4 Å². The van der Waals surface area contributed by atoms with Crippen LogP contribution in [0.25, 0.3) is 0 Å². The molecule has 24 heavy (non-hydrogen) atoms. The highest BCUT2D eigenvalue weighted by Gasteiger charge is 2.10. The molecule has 2 aromatic carbocycles. The van der Waals surface area contributed by atoms with Gasteiger partial charge in [-0.25, -0.2) is 0 Å². The van der Waals surface area contributed by atoms with Crippen LogP contribution < -0.4 is 10.2 Å². The molecule has 0 bridgehead atoms. The largest absolute Gasteiger partial charge is 0.378 e. The first kappa shape index (κ1) is 18.2. The van der Waals surface area contributed by atoms with E-state index in [0.29, 0.717) is 12.1 Å². The predicted octanol–water partition coefficient (Wildman–Crippen LogP) is 3.20. The number of hydrogen-bond donors (Lipinski definition) is 1. The maximum Gasteiger partial charge on any atom is 0.251 e. The summed E-state index contributed by atoms with van der Waals surface area (Å²) in [5.41, 5.74) is 2.75. The van der Waals surface area contributed by atoms with Gasteiger partial charge in [0, 0.05) is 42.0 Å². The maximum atomic E-state index is 12.2. The van der Waals surface area contributed by atoms with Crippen LogP contribution in [-0.4, -0.2) is 29.5 Å². The second kappa shape index (κ2) is 8.11. The topological polar surface area (TPSA) is 49.4 Å². The Morgan fingerprint density at radius 1 is 1.04 bits per heavy atom. The average molecular weight is 344 g/mol. The molecule has 0 aromatic heterocycles. The molecule has 1 unspecified atom stereocenters. The molecule has 0 aliphatic heterocycles. The fraction of sp³-hybridized carbons (Fsp3) is 0.316. The van der Waals surface area contributed by atoms with Crippen LogP contribution in [0.15, 0.2) is 53.4 Å². The molecule has 2 rings (SSSR count). The highest BCUT2D eigenvalue weighted by Crippen LogP contribution is 2.14. The number of amides is 1. The molecule has 2 aromatic rings. The monoisotopic (exact) mass is 344 g/mol. The van der Waals surface area contributed by atoms with E-state index in [2.05, 4.69) is 5.32 Å². The van der Waals surface area contributed by atoms with E-state index in [4.69, 9.17) is 0 Å². The van der Waals surface area contributed by atoms with Crippen molar-refractivity contribution in [3.63, 3.8) is 0 Å². The average Bonchev–Trinajstić information content (AvgIpc) is 2.59. The van der Waals surface area contributed by atoms with Gasteiger partial charge < -0.3 is 10.2 Å². The first-order chi connectivity index (χ1) is 11.4. The number of nitrogens with zero attached hydrogens (tertiary/aromatic N) is 1. The second-order valence-electron chi connectivity index (χ2n) is 6.11. The van der Waals surface area contributed by atoms with Crippen molar-refractivity contribution in [2.45, 2.75) is 30.5 Å². The Morgan fingerprint density at radius 2 is 1.62 bits per heavy atom. The molecule has 0 heterocycles. The predicted molar refractivity (Wildman–Crippen MR) is 99.9 cm³/mol. The van der Waals surface area contributed by atoms with Gasteiger partial charge in [0.25, 0.3) is 5.91 Å². The molecule has 128 valence electrons. The smallest absolute Gasteiger partial charge is 0.251 e. The minimum Gasteiger partial charge on any atom is -0.378 e. The summed E-state index contributed by atoms with van der Waals surface area (Å²) in [6.07, 6.45) is 0. The fourth-order valence-electron chi connectivity index (χ4n) is 2.21.